The van der Waals surface area contributed by atoms with Crippen molar-refractivity contribution in [3.63, 3.8) is 0 Å². The molecule has 7 heteroatoms. The molecule has 2 fully saturated rings. The van der Waals surface area contributed by atoms with Gasteiger partial charge in [-0.3, -0.25) is 5.43 Å². The Kier molecular flexibility index (Phi) is 6.68. The molecule has 1 aromatic rings. The minimum Gasteiger partial charge on any atom is -0.478 e. The fourth-order valence-corrected chi connectivity index (χ4v) is 4.23. The van der Waals surface area contributed by atoms with Crippen molar-refractivity contribution >= 4 is 12.0 Å². The number of hydrogen-bond acceptors (Lipinski definition) is 4. The van der Waals surface area contributed by atoms with E-state index >= 15 is 0 Å². The zero-order valence-corrected chi connectivity index (χ0v) is 15.7. The van der Waals surface area contributed by atoms with E-state index in [4.69, 9.17) is 9.84 Å². The van der Waals surface area contributed by atoms with Crippen LogP contribution in [-0.4, -0.2) is 42.4 Å². The number of aryl methyl sites for hydroxylation is 1. The Balaban J connectivity index is 1.49. The van der Waals surface area contributed by atoms with Crippen molar-refractivity contribution in [3.05, 3.63) is 35.4 Å². The molecule has 0 radical (unpaired) electrons. The van der Waals surface area contributed by atoms with Gasteiger partial charge in [-0.05, 0) is 55.7 Å². The highest BCUT2D eigenvalue weighted by Crippen LogP contribution is 2.45. The molecule has 4 atom stereocenters. The Morgan fingerprint density at radius 2 is 1.85 bits per heavy atom. The molecule has 0 aromatic heterocycles. The lowest BCUT2D eigenvalue weighted by molar-refractivity contribution is 0.0696. The zero-order valence-electron chi connectivity index (χ0n) is 15.7. The number of ether oxygens (including phenoxy) is 1. The van der Waals surface area contributed by atoms with E-state index in [1.165, 1.54) is 0 Å². The smallest absolute Gasteiger partial charge is 0.335 e. The van der Waals surface area contributed by atoms with E-state index in [-0.39, 0.29) is 12.1 Å². The Hall–Kier alpha value is -2.12. The number of amides is 2. The third-order valence-corrected chi connectivity index (χ3v) is 5.63. The third-order valence-electron chi connectivity index (χ3n) is 5.63. The maximum absolute atomic E-state index is 11.6. The molecule has 7 nitrogen and oxygen atoms in total. The standard InChI is InChI=1S/C20H29N3O4/c1-2-11-21-20(26)23-22-12-16-15(17-9-10-18(16)27-17)8-5-13-3-6-14(7-4-13)19(24)25/h3-4,6-7,15-18,22H,2,5,8-12H2,1H3,(H,24,25)(H2,21,23,26)/t15-,16-,17+,18-/m0/s1. The highest BCUT2D eigenvalue weighted by atomic mass is 16.5. The summed E-state index contributed by atoms with van der Waals surface area (Å²) in [6, 6.07) is 6.91. The summed E-state index contributed by atoms with van der Waals surface area (Å²) in [5.41, 5.74) is 7.23. The molecule has 0 unspecified atom stereocenters. The van der Waals surface area contributed by atoms with E-state index in [0.717, 1.165) is 37.7 Å². The molecule has 27 heavy (non-hydrogen) atoms. The van der Waals surface area contributed by atoms with Crippen molar-refractivity contribution in [2.45, 2.75) is 51.2 Å². The lowest BCUT2D eigenvalue weighted by atomic mass is 9.76. The van der Waals surface area contributed by atoms with E-state index in [1.54, 1.807) is 12.1 Å². The average molecular weight is 375 g/mol. The SMILES string of the molecule is CCCNC(=O)NNC[C@H]1[C@H](CCc2ccc(C(=O)O)cc2)[C@H]2CC[C@@H]1O2. The normalized spacial score (nSPS) is 26.1. The van der Waals surface area contributed by atoms with E-state index in [2.05, 4.69) is 16.2 Å². The van der Waals surface area contributed by atoms with Crippen LogP contribution in [0.15, 0.2) is 24.3 Å². The number of hydrogen-bond donors (Lipinski definition) is 4. The second-order valence-electron chi connectivity index (χ2n) is 7.42. The summed E-state index contributed by atoms with van der Waals surface area (Å²) >= 11 is 0. The van der Waals surface area contributed by atoms with Gasteiger partial charge in [-0.1, -0.05) is 19.1 Å². The molecule has 2 aliphatic rings. The molecule has 2 saturated heterocycles. The quantitative estimate of drug-likeness (QED) is 0.497. The van der Waals surface area contributed by atoms with Crippen molar-refractivity contribution in [1.82, 2.24) is 16.2 Å². The molecule has 148 valence electrons. The van der Waals surface area contributed by atoms with Crippen LogP contribution in [0.2, 0.25) is 0 Å². The van der Waals surface area contributed by atoms with Gasteiger partial charge in [0.15, 0.2) is 0 Å². The summed E-state index contributed by atoms with van der Waals surface area (Å²) in [5, 5.41) is 11.8. The van der Waals surface area contributed by atoms with Crippen LogP contribution in [0, 0.1) is 11.8 Å². The zero-order chi connectivity index (χ0) is 19.2. The lowest BCUT2D eigenvalue weighted by Crippen LogP contribution is -2.48. The van der Waals surface area contributed by atoms with Crippen LogP contribution >= 0.6 is 0 Å². The maximum Gasteiger partial charge on any atom is 0.335 e. The largest absolute Gasteiger partial charge is 0.478 e. The number of fused-ring (bicyclic) bond motifs is 2. The van der Waals surface area contributed by atoms with Gasteiger partial charge >= 0.3 is 12.0 Å². The number of carbonyl (C=O) groups excluding carboxylic acids is 1. The number of benzene rings is 1. The lowest BCUT2D eigenvalue weighted by Gasteiger charge is -2.28. The molecule has 2 bridgehead atoms. The number of carboxylic acid groups (broad SMARTS) is 1. The second kappa shape index (κ2) is 9.19. The highest BCUT2D eigenvalue weighted by Gasteiger charge is 2.48. The molecule has 2 aliphatic heterocycles. The van der Waals surface area contributed by atoms with Crippen LogP contribution in [-0.2, 0) is 11.2 Å². The summed E-state index contributed by atoms with van der Waals surface area (Å²) in [7, 11) is 0. The van der Waals surface area contributed by atoms with Crippen LogP contribution < -0.4 is 16.2 Å². The minimum absolute atomic E-state index is 0.198. The first-order valence-corrected chi connectivity index (χ1v) is 9.83. The van der Waals surface area contributed by atoms with E-state index in [1.807, 2.05) is 19.1 Å². The Labute approximate surface area is 159 Å². The maximum atomic E-state index is 11.6. The van der Waals surface area contributed by atoms with Crippen molar-refractivity contribution < 1.29 is 19.4 Å². The number of carboxylic acids is 1. The van der Waals surface area contributed by atoms with Gasteiger partial charge in [0.25, 0.3) is 0 Å². The second-order valence-corrected chi connectivity index (χ2v) is 7.42. The predicted octanol–water partition coefficient (Wildman–Crippen LogP) is 2.32. The van der Waals surface area contributed by atoms with E-state index < -0.39 is 5.97 Å². The summed E-state index contributed by atoms with van der Waals surface area (Å²) < 4.78 is 6.11. The molecule has 0 spiro atoms. The van der Waals surface area contributed by atoms with Gasteiger partial charge in [0.1, 0.15) is 0 Å². The van der Waals surface area contributed by atoms with Crippen LogP contribution in [0.1, 0.15) is 48.5 Å². The topological polar surface area (TPSA) is 99.7 Å². The van der Waals surface area contributed by atoms with E-state index in [0.29, 0.717) is 36.6 Å². The van der Waals surface area contributed by atoms with Gasteiger partial charge in [-0.25, -0.2) is 15.0 Å². The van der Waals surface area contributed by atoms with Crippen LogP contribution in [0.25, 0.3) is 0 Å². The van der Waals surface area contributed by atoms with Crippen molar-refractivity contribution in [3.8, 4) is 0 Å². The molecule has 3 rings (SSSR count). The van der Waals surface area contributed by atoms with Crippen molar-refractivity contribution in [2.75, 3.05) is 13.1 Å². The van der Waals surface area contributed by atoms with Gasteiger partial charge < -0.3 is 15.2 Å². The van der Waals surface area contributed by atoms with Gasteiger partial charge in [0.2, 0.25) is 0 Å². The van der Waals surface area contributed by atoms with Gasteiger partial charge in [-0.15, -0.1) is 0 Å². The Morgan fingerprint density at radius 1 is 1.15 bits per heavy atom. The van der Waals surface area contributed by atoms with E-state index in [9.17, 15) is 9.59 Å². The Morgan fingerprint density at radius 3 is 2.52 bits per heavy atom. The molecule has 1 aromatic carbocycles. The fraction of sp³-hybridized carbons (Fsp3) is 0.600. The number of rotatable bonds is 9. The molecule has 0 aliphatic carbocycles. The molecular weight excluding hydrogens is 346 g/mol. The number of aromatic carboxylic acids is 1. The summed E-state index contributed by atoms with van der Waals surface area (Å²) in [5.74, 6) is -0.0610. The van der Waals surface area contributed by atoms with Gasteiger partial charge in [0, 0.05) is 19.0 Å². The number of hydrazine groups is 1. The summed E-state index contributed by atoms with van der Waals surface area (Å²) in [6.45, 7) is 3.37. The first-order valence-electron chi connectivity index (χ1n) is 9.83. The first kappa shape index (κ1) is 19.6. The first-order chi connectivity index (χ1) is 13.1. The number of nitrogens with one attached hydrogen (secondary N) is 3. The van der Waals surface area contributed by atoms with Crippen molar-refractivity contribution in [2.24, 2.45) is 11.8 Å². The highest BCUT2D eigenvalue weighted by molar-refractivity contribution is 5.87. The van der Waals surface area contributed by atoms with Crippen LogP contribution in [0.4, 0.5) is 4.79 Å². The number of urea groups is 1. The van der Waals surface area contributed by atoms with Crippen molar-refractivity contribution in [1.29, 1.82) is 0 Å². The average Bonchev–Trinajstić information content (AvgIpc) is 3.27. The third kappa shape index (κ3) is 4.99. The monoisotopic (exact) mass is 375 g/mol. The molecule has 2 amide bonds. The predicted molar refractivity (Wildman–Crippen MR) is 101 cm³/mol. The minimum atomic E-state index is -0.898. The Bertz CT molecular complexity index is 649. The van der Waals surface area contributed by atoms with Crippen LogP contribution in [0.5, 0.6) is 0 Å². The van der Waals surface area contributed by atoms with Gasteiger partial charge in [0.05, 0.1) is 17.8 Å². The van der Waals surface area contributed by atoms with Gasteiger partial charge in [-0.2, -0.15) is 0 Å². The molecule has 0 saturated carbocycles. The summed E-state index contributed by atoms with van der Waals surface area (Å²) in [6.07, 6.45) is 5.57. The fourth-order valence-electron chi connectivity index (χ4n) is 4.23. The molecular formula is C20H29N3O4. The molecule has 2 heterocycles. The summed E-state index contributed by atoms with van der Waals surface area (Å²) in [4.78, 5) is 22.6. The molecule has 4 N–H and O–H groups in total. The van der Waals surface area contributed by atoms with Crippen LogP contribution in [0.3, 0.4) is 0 Å². The number of carbonyl (C=O) groups is 2.